The molecule has 2 rings (SSSR count). The van der Waals surface area contributed by atoms with Gasteiger partial charge < -0.3 is 14.8 Å². The third kappa shape index (κ3) is 6.33. The quantitative estimate of drug-likeness (QED) is 0.574. The predicted octanol–water partition coefficient (Wildman–Crippen LogP) is 2.58. The maximum atomic E-state index is 12.3. The van der Waals surface area contributed by atoms with Crippen LogP contribution in [0.1, 0.15) is 11.1 Å². The molecule has 0 saturated carbocycles. The first-order valence-corrected chi connectivity index (χ1v) is 8.24. The molecular weight excluding hydrogens is 344 g/mol. The maximum absolute atomic E-state index is 12.3. The van der Waals surface area contributed by atoms with Crippen molar-refractivity contribution < 1.29 is 19.1 Å². The van der Waals surface area contributed by atoms with Crippen LogP contribution in [0.5, 0.6) is 11.5 Å². The molecule has 27 heavy (non-hydrogen) atoms. The van der Waals surface area contributed by atoms with Gasteiger partial charge in [0.05, 0.1) is 20.6 Å². The molecule has 0 aliphatic heterocycles. The first-order valence-electron chi connectivity index (χ1n) is 8.24. The summed E-state index contributed by atoms with van der Waals surface area (Å²) in [6.45, 7) is 0. The van der Waals surface area contributed by atoms with Crippen molar-refractivity contribution in [3.8, 4) is 17.6 Å². The Morgan fingerprint density at radius 2 is 1.63 bits per heavy atom. The number of nitrogens with zero attached hydrogens (tertiary/aromatic N) is 1. The van der Waals surface area contributed by atoms with Crippen molar-refractivity contribution in [2.75, 3.05) is 14.2 Å². The topological polar surface area (TPSA) is 88.4 Å². The average Bonchev–Trinajstić information content (AvgIpc) is 2.67. The van der Waals surface area contributed by atoms with Gasteiger partial charge >= 0.3 is 0 Å². The monoisotopic (exact) mass is 364 g/mol. The first-order chi connectivity index (χ1) is 13.0. The summed E-state index contributed by atoms with van der Waals surface area (Å²) in [5.74, 6) is 0.460. The van der Waals surface area contributed by atoms with Crippen LogP contribution in [0, 0.1) is 11.3 Å². The molecule has 0 unspecified atom stereocenters. The zero-order chi connectivity index (χ0) is 19.6. The Hall–Kier alpha value is -3.59. The lowest BCUT2D eigenvalue weighted by Gasteiger charge is -2.07. The lowest BCUT2D eigenvalue weighted by Crippen LogP contribution is -2.24. The molecule has 0 aliphatic carbocycles. The van der Waals surface area contributed by atoms with E-state index in [0.29, 0.717) is 17.1 Å². The van der Waals surface area contributed by atoms with Crippen LogP contribution in [0.2, 0.25) is 0 Å². The number of allylic oxidation sites excluding steroid dienone is 2. The first kappa shape index (κ1) is 19.7. The second kappa shape index (κ2) is 9.78. The summed E-state index contributed by atoms with van der Waals surface area (Å²) in [6.07, 6.45) is 1.31. The highest BCUT2D eigenvalue weighted by molar-refractivity contribution is 5.93. The molecule has 0 spiro atoms. The number of ether oxygens (including phenoxy) is 2. The standard InChI is InChI=1S/C21H20N2O4/c1-26-19-9-16(10-20(13-19)27-2)8-18(24)12-17(14-22)23-21(25)11-15-6-4-3-5-7-15/h3-7,9-10,12-13H,8,11H2,1-2H3,(H,23,25). The van der Waals surface area contributed by atoms with Crippen LogP contribution >= 0.6 is 0 Å². The van der Waals surface area contributed by atoms with Gasteiger partial charge in [-0.2, -0.15) is 5.26 Å². The van der Waals surface area contributed by atoms with Crippen LogP contribution < -0.4 is 14.8 Å². The predicted molar refractivity (Wildman–Crippen MR) is 100 cm³/mol. The number of carbonyl (C=O) groups is 2. The Kier molecular flexibility index (Phi) is 7.15. The van der Waals surface area contributed by atoms with E-state index < -0.39 is 0 Å². The molecule has 0 atom stereocenters. The van der Waals surface area contributed by atoms with Gasteiger partial charge in [-0.15, -0.1) is 0 Å². The third-order valence-electron chi connectivity index (χ3n) is 3.70. The van der Waals surface area contributed by atoms with E-state index in [1.54, 1.807) is 18.2 Å². The Morgan fingerprint density at radius 3 is 2.19 bits per heavy atom. The lowest BCUT2D eigenvalue weighted by molar-refractivity contribution is -0.119. The molecule has 1 amide bonds. The van der Waals surface area contributed by atoms with Crippen LogP contribution in [0.25, 0.3) is 0 Å². The molecule has 6 nitrogen and oxygen atoms in total. The van der Waals surface area contributed by atoms with Gasteiger partial charge in [-0.05, 0) is 23.3 Å². The summed E-state index contributed by atoms with van der Waals surface area (Å²) >= 11 is 0. The van der Waals surface area contributed by atoms with Crippen molar-refractivity contribution in [3.05, 3.63) is 71.4 Å². The van der Waals surface area contributed by atoms with Crippen molar-refractivity contribution in [1.82, 2.24) is 5.32 Å². The summed E-state index contributed by atoms with van der Waals surface area (Å²) < 4.78 is 10.3. The van der Waals surface area contributed by atoms with Crippen LogP contribution in [0.15, 0.2) is 60.3 Å². The van der Waals surface area contributed by atoms with E-state index >= 15 is 0 Å². The van der Waals surface area contributed by atoms with Crippen molar-refractivity contribution >= 4 is 11.7 Å². The lowest BCUT2D eigenvalue weighted by atomic mass is 10.1. The highest BCUT2D eigenvalue weighted by Gasteiger charge is 2.10. The molecule has 6 heteroatoms. The van der Waals surface area contributed by atoms with E-state index in [9.17, 15) is 14.9 Å². The zero-order valence-corrected chi connectivity index (χ0v) is 15.2. The van der Waals surface area contributed by atoms with Gasteiger partial charge in [0, 0.05) is 18.6 Å². The van der Waals surface area contributed by atoms with Crippen molar-refractivity contribution in [1.29, 1.82) is 5.26 Å². The molecule has 0 saturated heterocycles. The highest BCUT2D eigenvalue weighted by atomic mass is 16.5. The molecule has 1 N–H and O–H groups in total. The number of ketones is 1. The summed E-state index contributed by atoms with van der Waals surface area (Å²) in [5.41, 5.74) is 1.42. The maximum Gasteiger partial charge on any atom is 0.229 e. The average molecular weight is 364 g/mol. The molecule has 0 radical (unpaired) electrons. The second-order valence-electron chi connectivity index (χ2n) is 5.74. The van der Waals surface area contributed by atoms with Gasteiger partial charge in [-0.3, -0.25) is 9.59 Å². The molecule has 0 heterocycles. The molecular formula is C21H20N2O4. The number of nitriles is 1. The van der Waals surface area contributed by atoms with Gasteiger partial charge in [-0.25, -0.2) is 0 Å². The Morgan fingerprint density at radius 1 is 1.00 bits per heavy atom. The molecule has 0 fully saturated rings. The van der Waals surface area contributed by atoms with E-state index in [-0.39, 0.29) is 30.2 Å². The van der Waals surface area contributed by atoms with Crippen LogP contribution in [0.4, 0.5) is 0 Å². The number of methoxy groups -OCH3 is 2. The SMILES string of the molecule is COc1cc(CC(=O)C=C(C#N)NC(=O)Cc2ccccc2)cc(OC)c1. The number of carbonyl (C=O) groups excluding carboxylic acids is 2. The molecule has 2 aromatic carbocycles. The van der Waals surface area contributed by atoms with E-state index in [2.05, 4.69) is 5.32 Å². The normalized spacial score (nSPS) is 10.6. The Labute approximate surface area is 158 Å². The number of hydrogen-bond acceptors (Lipinski definition) is 5. The van der Waals surface area contributed by atoms with Crippen molar-refractivity contribution in [2.45, 2.75) is 12.8 Å². The summed E-state index contributed by atoms with van der Waals surface area (Å²) in [7, 11) is 3.05. The fraction of sp³-hybridized carbons (Fsp3) is 0.190. The molecule has 0 bridgehead atoms. The summed E-state index contributed by atoms with van der Waals surface area (Å²) in [5, 5.41) is 11.7. The molecule has 0 aliphatic rings. The second-order valence-corrected chi connectivity index (χ2v) is 5.74. The van der Waals surface area contributed by atoms with Crippen molar-refractivity contribution in [3.63, 3.8) is 0 Å². The minimum atomic E-state index is -0.357. The van der Waals surface area contributed by atoms with Gasteiger partial charge in [0.2, 0.25) is 5.91 Å². The minimum Gasteiger partial charge on any atom is -0.497 e. The molecule has 138 valence electrons. The van der Waals surface area contributed by atoms with E-state index in [1.807, 2.05) is 36.4 Å². The number of amides is 1. The van der Waals surface area contributed by atoms with Crippen molar-refractivity contribution in [2.24, 2.45) is 0 Å². The molecule has 0 aromatic heterocycles. The van der Waals surface area contributed by atoms with E-state index in [1.165, 1.54) is 14.2 Å². The summed E-state index contributed by atoms with van der Waals surface area (Å²) in [4.78, 5) is 24.3. The fourth-order valence-corrected chi connectivity index (χ4v) is 2.45. The Bertz CT molecular complexity index is 861. The number of benzene rings is 2. The highest BCUT2D eigenvalue weighted by Crippen LogP contribution is 2.23. The van der Waals surface area contributed by atoms with E-state index in [4.69, 9.17) is 9.47 Å². The fourth-order valence-electron chi connectivity index (χ4n) is 2.45. The largest absolute Gasteiger partial charge is 0.497 e. The third-order valence-corrected chi connectivity index (χ3v) is 3.70. The number of rotatable bonds is 8. The zero-order valence-electron chi connectivity index (χ0n) is 15.2. The van der Waals surface area contributed by atoms with Gasteiger partial charge in [0.1, 0.15) is 23.3 Å². The smallest absolute Gasteiger partial charge is 0.229 e. The van der Waals surface area contributed by atoms with Crippen LogP contribution in [0.3, 0.4) is 0 Å². The van der Waals surface area contributed by atoms with Crippen LogP contribution in [-0.2, 0) is 22.4 Å². The number of nitrogens with one attached hydrogen (secondary N) is 1. The molecule has 2 aromatic rings. The summed E-state index contributed by atoms with van der Waals surface area (Å²) in [6, 6.07) is 16.1. The Balaban J connectivity index is 2.03. The van der Waals surface area contributed by atoms with E-state index in [0.717, 1.165) is 11.6 Å². The number of hydrogen-bond donors (Lipinski definition) is 1. The van der Waals surface area contributed by atoms with Gasteiger partial charge in [0.15, 0.2) is 5.78 Å². The minimum absolute atomic E-state index is 0.0489. The van der Waals surface area contributed by atoms with Crippen LogP contribution in [-0.4, -0.2) is 25.9 Å². The van der Waals surface area contributed by atoms with Gasteiger partial charge in [-0.1, -0.05) is 30.3 Å². The van der Waals surface area contributed by atoms with Gasteiger partial charge in [0.25, 0.3) is 0 Å².